The standard InChI is InChI=1S/C74H131NO10/c1-4-7-10-13-16-19-22-24-26-28-30-31-32-33-34-35-36-38-39-41-43-46-49-52-55-58-61-67(78)73(82)75-65(66(77)60-57-54-51-48-45-21-18-15-12-9-6-3)64-83-74-72(71(81)70(80)68(63-76)84-74)85-69(79)62-59-56-53-50-47-44-42-40-37-29-27-25-23-20-17-14-11-8-5-2/h16-17,19-20,24-27,30-31,33-34,57,60,65-68,70-72,74,76-78,80-81H,4-15,18,21-23,28-29,32,35-56,58-59,61-64H2,1-3H3,(H,75,82)/b19-16-,20-17-,26-24-,27-25-,31-30-,34-33-,60-57+. The topological polar surface area (TPSA) is 175 Å². The number of hydrogen-bond acceptors (Lipinski definition) is 10. The summed E-state index contributed by atoms with van der Waals surface area (Å²) in [4.78, 5) is 26.7. The molecule has 11 nitrogen and oxygen atoms in total. The number of nitrogens with one attached hydrogen (secondary N) is 1. The van der Waals surface area contributed by atoms with E-state index in [1.165, 1.54) is 161 Å². The van der Waals surface area contributed by atoms with Crippen molar-refractivity contribution in [3.63, 3.8) is 0 Å². The summed E-state index contributed by atoms with van der Waals surface area (Å²) in [5.41, 5.74) is 0. The van der Waals surface area contributed by atoms with Gasteiger partial charge in [0.05, 0.1) is 25.4 Å². The number of hydrogen-bond donors (Lipinski definition) is 6. The zero-order valence-electron chi connectivity index (χ0n) is 54.7. The van der Waals surface area contributed by atoms with Gasteiger partial charge in [-0.05, 0) is 103 Å². The van der Waals surface area contributed by atoms with Gasteiger partial charge in [-0.15, -0.1) is 0 Å². The van der Waals surface area contributed by atoms with E-state index in [4.69, 9.17) is 14.2 Å². The average molecular weight is 1190 g/mol. The maximum Gasteiger partial charge on any atom is 0.306 e. The van der Waals surface area contributed by atoms with Gasteiger partial charge in [0.1, 0.15) is 24.4 Å². The summed E-state index contributed by atoms with van der Waals surface area (Å²) in [7, 11) is 0. The molecule has 0 aromatic heterocycles. The summed E-state index contributed by atoms with van der Waals surface area (Å²) >= 11 is 0. The fraction of sp³-hybridized carbons (Fsp3) is 0.784. The molecule has 1 heterocycles. The van der Waals surface area contributed by atoms with Crippen molar-refractivity contribution >= 4 is 11.9 Å². The van der Waals surface area contributed by atoms with Crippen molar-refractivity contribution < 1.29 is 49.3 Å². The van der Waals surface area contributed by atoms with Gasteiger partial charge in [-0.3, -0.25) is 9.59 Å². The molecule has 85 heavy (non-hydrogen) atoms. The predicted octanol–water partition coefficient (Wildman–Crippen LogP) is 18.1. The summed E-state index contributed by atoms with van der Waals surface area (Å²) in [5.74, 6) is -1.20. The van der Waals surface area contributed by atoms with E-state index >= 15 is 0 Å². The van der Waals surface area contributed by atoms with Gasteiger partial charge in [-0.25, -0.2) is 0 Å². The molecule has 0 saturated carbocycles. The Hall–Kier alpha value is -3.16. The van der Waals surface area contributed by atoms with Gasteiger partial charge in [-0.2, -0.15) is 0 Å². The first kappa shape index (κ1) is 79.9. The molecular formula is C74H131NO10. The van der Waals surface area contributed by atoms with Crippen molar-refractivity contribution in [3.05, 3.63) is 85.1 Å². The number of aliphatic hydroxyl groups is 5. The van der Waals surface area contributed by atoms with Crippen molar-refractivity contribution in [1.82, 2.24) is 5.32 Å². The number of allylic oxidation sites excluding steroid dienone is 13. The summed E-state index contributed by atoms with van der Waals surface area (Å²) in [6, 6.07) is -1.03. The fourth-order valence-corrected chi connectivity index (χ4v) is 10.7. The van der Waals surface area contributed by atoms with E-state index in [0.717, 1.165) is 103 Å². The molecule has 8 unspecified atom stereocenters. The van der Waals surface area contributed by atoms with Crippen LogP contribution in [-0.2, 0) is 23.8 Å². The van der Waals surface area contributed by atoms with Gasteiger partial charge in [0.2, 0.25) is 5.91 Å². The number of amides is 1. The van der Waals surface area contributed by atoms with Crippen molar-refractivity contribution in [1.29, 1.82) is 0 Å². The van der Waals surface area contributed by atoms with Crippen LogP contribution >= 0.6 is 0 Å². The lowest BCUT2D eigenvalue weighted by Crippen LogP contribution is -2.61. The Balaban J connectivity index is 2.56. The molecule has 11 heteroatoms. The summed E-state index contributed by atoms with van der Waals surface area (Å²) in [6.07, 6.45) is 70.5. The highest BCUT2D eigenvalue weighted by atomic mass is 16.7. The lowest BCUT2D eigenvalue weighted by Gasteiger charge is -2.41. The molecule has 1 saturated heterocycles. The molecule has 6 N–H and O–H groups in total. The monoisotopic (exact) mass is 1190 g/mol. The van der Waals surface area contributed by atoms with Gasteiger partial charge in [-0.1, -0.05) is 286 Å². The highest BCUT2D eigenvalue weighted by Gasteiger charge is 2.47. The zero-order valence-corrected chi connectivity index (χ0v) is 54.7. The van der Waals surface area contributed by atoms with Crippen LogP contribution in [0.25, 0.3) is 0 Å². The van der Waals surface area contributed by atoms with E-state index < -0.39 is 67.4 Å². The van der Waals surface area contributed by atoms with E-state index in [2.05, 4.69) is 99.0 Å². The predicted molar refractivity (Wildman–Crippen MR) is 356 cm³/mol. The summed E-state index contributed by atoms with van der Waals surface area (Å²) in [5, 5.41) is 57.2. The number of aliphatic hydroxyl groups excluding tert-OH is 5. The molecule has 1 amide bonds. The van der Waals surface area contributed by atoms with Crippen molar-refractivity contribution in [3.8, 4) is 0 Å². The summed E-state index contributed by atoms with van der Waals surface area (Å²) < 4.78 is 17.7. The second-order valence-electron chi connectivity index (χ2n) is 24.3. The van der Waals surface area contributed by atoms with Crippen LogP contribution in [0.15, 0.2) is 85.1 Å². The first-order valence-corrected chi connectivity index (χ1v) is 35.4. The number of ether oxygens (including phenoxy) is 3. The molecule has 8 atom stereocenters. The normalized spacial score (nSPS) is 18.9. The SMILES string of the molecule is CCCCC/C=C\C/C=C\C/C=C\C/C=C\CCCCCCCCCCCCC(O)C(=O)NC(COC1OC(CO)C(O)C(O)C1OC(=O)CCCCCCCCCCC/C=C\C/C=C\CCCCC)C(O)/C=C/CCCCCCCCCCC. The fourth-order valence-electron chi connectivity index (χ4n) is 10.7. The lowest BCUT2D eigenvalue weighted by atomic mass is 9.99. The molecular weight excluding hydrogens is 1060 g/mol. The molecule has 0 aromatic rings. The van der Waals surface area contributed by atoms with Gasteiger partial charge < -0.3 is 45.1 Å². The molecule has 1 fully saturated rings. The minimum Gasteiger partial charge on any atom is -0.454 e. The molecule has 0 radical (unpaired) electrons. The molecule has 0 bridgehead atoms. The molecule has 0 spiro atoms. The first-order chi connectivity index (χ1) is 41.7. The van der Waals surface area contributed by atoms with Gasteiger partial charge >= 0.3 is 5.97 Å². The Morgan fingerprint density at radius 2 is 0.812 bits per heavy atom. The van der Waals surface area contributed by atoms with Crippen molar-refractivity contribution in [2.75, 3.05) is 13.2 Å². The van der Waals surface area contributed by atoms with Crippen LogP contribution < -0.4 is 5.32 Å². The smallest absolute Gasteiger partial charge is 0.306 e. The van der Waals surface area contributed by atoms with Crippen LogP contribution in [0.1, 0.15) is 310 Å². The average Bonchev–Trinajstić information content (AvgIpc) is 3.59. The highest BCUT2D eigenvalue weighted by Crippen LogP contribution is 2.26. The van der Waals surface area contributed by atoms with Gasteiger partial charge in [0.25, 0.3) is 0 Å². The third kappa shape index (κ3) is 48.4. The Morgan fingerprint density at radius 1 is 0.459 bits per heavy atom. The zero-order chi connectivity index (χ0) is 61.7. The number of esters is 1. The third-order valence-corrected chi connectivity index (χ3v) is 16.3. The van der Waals surface area contributed by atoms with E-state index in [1.807, 2.05) is 6.08 Å². The van der Waals surface area contributed by atoms with Crippen LogP contribution in [0.3, 0.4) is 0 Å². The maximum absolute atomic E-state index is 13.5. The number of carbonyl (C=O) groups excluding carboxylic acids is 2. The minimum absolute atomic E-state index is 0.116. The largest absolute Gasteiger partial charge is 0.454 e. The van der Waals surface area contributed by atoms with Gasteiger partial charge in [0, 0.05) is 6.42 Å². The summed E-state index contributed by atoms with van der Waals surface area (Å²) in [6.45, 7) is 5.75. The van der Waals surface area contributed by atoms with Gasteiger partial charge in [0.15, 0.2) is 12.4 Å². The van der Waals surface area contributed by atoms with Crippen LogP contribution in [-0.4, -0.2) is 99.6 Å². The molecule has 1 aliphatic heterocycles. The van der Waals surface area contributed by atoms with E-state index in [9.17, 15) is 35.1 Å². The third-order valence-electron chi connectivity index (χ3n) is 16.3. The molecule has 1 aliphatic rings. The highest BCUT2D eigenvalue weighted by molar-refractivity contribution is 5.80. The van der Waals surface area contributed by atoms with Crippen LogP contribution in [0, 0.1) is 0 Å². The second kappa shape index (κ2) is 61.1. The van der Waals surface area contributed by atoms with E-state index in [0.29, 0.717) is 12.8 Å². The Morgan fingerprint density at radius 3 is 1.24 bits per heavy atom. The number of unbranched alkanes of at least 4 members (excludes halogenated alkanes) is 34. The second-order valence-corrected chi connectivity index (χ2v) is 24.3. The minimum atomic E-state index is -1.62. The quantitative estimate of drug-likeness (QED) is 0.0195. The number of carbonyl (C=O) groups is 2. The van der Waals surface area contributed by atoms with Crippen LogP contribution in [0.2, 0.25) is 0 Å². The molecule has 0 aliphatic carbocycles. The lowest BCUT2D eigenvalue weighted by molar-refractivity contribution is -0.305. The van der Waals surface area contributed by atoms with Crippen molar-refractivity contribution in [2.24, 2.45) is 0 Å². The van der Waals surface area contributed by atoms with Crippen LogP contribution in [0.4, 0.5) is 0 Å². The Bertz CT molecular complexity index is 1710. The maximum atomic E-state index is 13.5. The molecule has 1 rings (SSSR count). The first-order valence-electron chi connectivity index (χ1n) is 35.4. The Labute approximate surface area is 521 Å². The molecule has 492 valence electrons. The van der Waals surface area contributed by atoms with E-state index in [-0.39, 0.29) is 19.4 Å². The Kier molecular flexibility index (Phi) is 57.4. The van der Waals surface area contributed by atoms with Crippen molar-refractivity contribution in [2.45, 2.75) is 359 Å². The van der Waals surface area contributed by atoms with Crippen LogP contribution in [0.5, 0.6) is 0 Å². The molecule has 0 aromatic carbocycles. The van der Waals surface area contributed by atoms with E-state index in [1.54, 1.807) is 6.08 Å². The number of rotatable bonds is 60.